The second-order valence-electron chi connectivity index (χ2n) is 5.45. The first-order chi connectivity index (χ1) is 10.4. The van der Waals surface area contributed by atoms with Gasteiger partial charge in [-0.05, 0) is 23.6 Å². The number of likely N-dealkylation sites (tertiary alicyclic amines) is 1. The summed E-state index contributed by atoms with van der Waals surface area (Å²) in [6, 6.07) is 5.30. The third kappa shape index (κ3) is 4.31. The fraction of sp³-hybridized carbons (Fsp3) is 0.467. The second-order valence-corrected chi connectivity index (χ2v) is 7.28. The van der Waals surface area contributed by atoms with Gasteiger partial charge in [0.15, 0.2) is 0 Å². The molecule has 1 aliphatic heterocycles. The van der Waals surface area contributed by atoms with Gasteiger partial charge in [0, 0.05) is 28.9 Å². The van der Waals surface area contributed by atoms with Crippen LogP contribution in [0.2, 0.25) is 10.0 Å². The number of thioether (sulfide) groups is 1. The number of nitrogens with zero attached hydrogens (tertiary/aromatic N) is 1. The average molecular weight is 362 g/mol. The standard InChI is InChI=1S/C15H17Cl2NO3S/c1-9-5-18(6-12(9)15(20)21)14(19)8-22-7-10-2-3-11(16)4-13(10)17/h2-4,9,12H,5-8H2,1H3,(H,20,21)/t9-,12-/m1/s1. The van der Waals surface area contributed by atoms with Crippen molar-refractivity contribution in [2.24, 2.45) is 11.8 Å². The van der Waals surface area contributed by atoms with Crippen molar-refractivity contribution in [3.05, 3.63) is 33.8 Å². The van der Waals surface area contributed by atoms with E-state index in [1.54, 1.807) is 17.0 Å². The fourth-order valence-electron chi connectivity index (χ4n) is 2.47. The number of aliphatic carboxylic acids is 1. The van der Waals surface area contributed by atoms with Gasteiger partial charge in [-0.15, -0.1) is 11.8 Å². The summed E-state index contributed by atoms with van der Waals surface area (Å²) in [5.41, 5.74) is 0.932. The zero-order valence-corrected chi connectivity index (χ0v) is 14.4. The van der Waals surface area contributed by atoms with E-state index in [2.05, 4.69) is 0 Å². The molecule has 120 valence electrons. The van der Waals surface area contributed by atoms with Gasteiger partial charge in [-0.3, -0.25) is 9.59 Å². The van der Waals surface area contributed by atoms with E-state index in [0.717, 1.165) is 5.56 Å². The van der Waals surface area contributed by atoms with E-state index in [1.807, 2.05) is 13.0 Å². The lowest BCUT2D eigenvalue weighted by molar-refractivity contribution is -0.142. The molecule has 1 fully saturated rings. The highest BCUT2D eigenvalue weighted by molar-refractivity contribution is 7.99. The largest absolute Gasteiger partial charge is 0.481 e. The summed E-state index contributed by atoms with van der Waals surface area (Å²) in [7, 11) is 0. The van der Waals surface area contributed by atoms with Gasteiger partial charge < -0.3 is 10.0 Å². The first-order valence-electron chi connectivity index (χ1n) is 6.90. The van der Waals surface area contributed by atoms with Crippen LogP contribution in [0.4, 0.5) is 0 Å². The van der Waals surface area contributed by atoms with Gasteiger partial charge in [-0.2, -0.15) is 0 Å². The highest BCUT2D eigenvalue weighted by atomic mass is 35.5. The van der Waals surface area contributed by atoms with E-state index < -0.39 is 11.9 Å². The van der Waals surface area contributed by atoms with Gasteiger partial charge in [0.05, 0.1) is 11.7 Å². The summed E-state index contributed by atoms with van der Waals surface area (Å²) < 4.78 is 0. The molecule has 1 N–H and O–H groups in total. The fourth-order valence-corrected chi connectivity index (χ4v) is 3.96. The number of rotatable bonds is 5. The number of benzene rings is 1. The summed E-state index contributed by atoms with van der Waals surface area (Å²) in [5, 5.41) is 10.3. The van der Waals surface area contributed by atoms with Crippen molar-refractivity contribution >= 4 is 46.8 Å². The van der Waals surface area contributed by atoms with Gasteiger partial charge in [-0.1, -0.05) is 36.2 Å². The number of hydrogen-bond acceptors (Lipinski definition) is 3. The summed E-state index contributed by atoms with van der Waals surface area (Å²) in [5.74, 6) is -0.378. The molecule has 4 nitrogen and oxygen atoms in total. The van der Waals surface area contributed by atoms with E-state index in [-0.39, 0.29) is 11.8 Å². The molecule has 2 atom stereocenters. The SMILES string of the molecule is C[C@@H]1CN(C(=O)CSCc2ccc(Cl)cc2Cl)C[C@H]1C(=O)O. The van der Waals surface area contributed by atoms with Gasteiger partial charge in [-0.25, -0.2) is 0 Å². The molecule has 1 amide bonds. The molecule has 1 saturated heterocycles. The van der Waals surface area contributed by atoms with Crippen molar-refractivity contribution in [1.29, 1.82) is 0 Å². The lowest BCUT2D eigenvalue weighted by Crippen LogP contribution is -2.31. The van der Waals surface area contributed by atoms with Crippen LogP contribution in [0, 0.1) is 11.8 Å². The number of halogens is 2. The number of carbonyl (C=O) groups is 2. The molecule has 0 aliphatic carbocycles. The normalized spacial score (nSPS) is 21.1. The third-order valence-electron chi connectivity index (χ3n) is 3.78. The maximum absolute atomic E-state index is 12.1. The van der Waals surface area contributed by atoms with E-state index in [4.69, 9.17) is 28.3 Å². The lowest BCUT2D eigenvalue weighted by atomic mass is 9.99. The van der Waals surface area contributed by atoms with E-state index in [0.29, 0.717) is 34.6 Å². The minimum absolute atomic E-state index is 0.00263. The van der Waals surface area contributed by atoms with Crippen LogP contribution in [0.25, 0.3) is 0 Å². The predicted molar refractivity (Wildman–Crippen MR) is 89.5 cm³/mol. The van der Waals surface area contributed by atoms with Crippen LogP contribution in [0.5, 0.6) is 0 Å². The van der Waals surface area contributed by atoms with Crippen LogP contribution < -0.4 is 0 Å². The molecule has 0 unspecified atom stereocenters. The molecular weight excluding hydrogens is 345 g/mol. The number of hydrogen-bond donors (Lipinski definition) is 1. The number of carboxylic acids is 1. The van der Waals surface area contributed by atoms with Crippen molar-refractivity contribution in [2.45, 2.75) is 12.7 Å². The van der Waals surface area contributed by atoms with Crippen LogP contribution in [-0.4, -0.2) is 40.7 Å². The Kier molecular flexibility index (Phi) is 6.01. The van der Waals surface area contributed by atoms with Gasteiger partial charge in [0.2, 0.25) is 5.91 Å². The smallest absolute Gasteiger partial charge is 0.308 e. The average Bonchev–Trinajstić information content (AvgIpc) is 2.83. The summed E-state index contributed by atoms with van der Waals surface area (Å²) in [6.07, 6.45) is 0. The van der Waals surface area contributed by atoms with Gasteiger partial charge >= 0.3 is 5.97 Å². The zero-order valence-electron chi connectivity index (χ0n) is 12.1. The van der Waals surface area contributed by atoms with Gasteiger partial charge in [0.25, 0.3) is 0 Å². The minimum Gasteiger partial charge on any atom is -0.481 e. The highest BCUT2D eigenvalue weighted by Gasteiger charge is 2.36. The molecule has 1 aliphatic rings. The molecule has 1 aromatic carbocycles. The predicted octanol–water partition coefficient (Wildman–Crippen LogP) is 3.41. The van der Waals surface area contributed by atoms with E-state index in [1.165, 1.54) is 11.8 Å². The molecule has 0 aromatic heterocycles. The molecule has 0 radical (unpaired) electrons. The highest BCUT2D eigenvalue weighted by Crippen LogP contribution is 2.26. The Bertz CT molecular complexity index is 582. The zero-order chi connectivity index (χ0) is 16.3. The molecule has 1 aromatic rings. The lowest BCUT2D eigenvalue weighted by Gasteiger charge is -2.15. The van der Waals surface area contributed by atoms with Crippen molar-refractivity contribution < 1.29 is 14.7 Å². The van der Waals surface area contributed by atoms with E-state index >= 15 is 0 Å². The summed E-state index contributed by atoms with van der Waals surface area (Å²) in [6.45, 7) is 2.68. The Morgan fingerprint density at radius 1 is 1.36 bits per heavy atom. The van der Waals surface area contributed by atoms with Crippen LogP contribution in [0.15, 0.2) is 18.2 Å². The number of carbonyl (C=O) groups excluding carboxylic acids is 1. The third-order valence-corrected chi connectivity index (χ3v) is 5.33. The quantitative estimate of drug-likeness (QED) is 0.872. The monoisotopic (exact) mass is 361 g/mol. The minimum atomic E-state index is -0.830. The van der Waals surface area contributed by atoms with Crippen molar-refractivity contribution in [3.63, 3.8) is 0 Å². The molecule has 22 heavy (non-hydrogen) atoms. The number of amides is 1. The molecule has 2 rings (SSSR count). The topological polar surface area (TPSA) is 57.6 Å². The Morgan fingerprint density at radius 2 is 2.09 bits per heavy atom. The first-order valence-corrected chi connectivity index (χ1v) is 8.81. The molecule has 0 saturated carbocycles. The van der Waals surface area contributed by atoms with Crippen molar-refractivity contribution in [3.8, 4) is 0 Å². The molecule has 7 heteroatoms. The van der Waals surface area contributed by atoms with Crippen molar-refractivity contribution in [2.75, 3.05) is 18.8 Å². The molecule has 0 spiro atoms. The molecule has 1 heterocycles. The Balaban J connectivity index is 1.82. The maximum atomic E-state index is 12.1. The Labute approximate surface area is 143 Å². The number of carboxylic acid groups (broad SMARTS) is 1. The summed E-state index contributed by atoms with van der Waals surface area (Å²) in [4.78, 5) is 24.9. The Morgan fingerprint density at radius 3 is 2.68 bits per heavy atom. The van der Waals surface area contributed by atoms with Crippen molar-refractivity contribution in [1.82, 2.24) is 4.90 Å². The molecular formula is C15H17Cl2NO3S. The van der Waals surface area contributed by atoms with Crippen LogP contribution >= 0.6 is 35.0 Å². The van der Waals surface area contributed by atoms with Crippen LogP contribution in [0.3, 0.4) is 0 Å². The maximum Gasteiger partial charge on any atom is 0.308 e. The second kappa shape index (κ2) is 7.57. The van der Waals surface area contributed by atoms with Crippen LogP contribution in [0.1, 0.15) is 12.5 Å². The molecule has 0 bridgehead atoms. The van der Waals surface area contributed by atoms with E-state index in [9.17, 15) is 9.59 Å². The van der Waals surface area contributed by atoms with Gasteiger partial charge in [0.1, 0.15) is 0 Å². The van der Waals surface area contributed by atoms with Crippen LogP contribution in [-0.2, 0) is 15.3 Å². The summed E-state index contributed by atoms with van der Waals surface area (Å²) >= 11 is 13.4. The Hall–Kier alpha value is -0.910. The first kappa shape index (κ1) is 17.4.